The van der Waals surface area contributed by atoms with E-state index in [4.69, 9.17) is 20.4 Å². The molecule has 10 nitrogen and oxygen atoms in total. The third kappa shape index (κ3) is 4.60. The van der Waals surface area contributed by atoms with E-state index in [2.05, 4.69) is 30.0 Å². The molecule has 200 valence electrons. The number of anilines is 1. The summed E-state index contributed by atoms with van der Waals surface area (Å²) in [5.74, 6) is 0.615. The van der Waals surface area contributed by atoms with Crippen molar-refractivity contribution in [3.63, 3.8) is 0 Å². The average Bonchev–Trinajstić information content (AvgIpc) is 3.72. The number of H-pyrrole nitrogens is 2. The van der Waals surface area contributed by atoms with Gasteiger partial charge in [-0.3, -0.25) is 15.0 Å². The minimum atomic E-state index is -0.371. The molecule has 1 saturated heterocycles. The second kappa shape index (κ2) is 10.0. The average molecular weight is 536 g/mol. The lowest BCUT2D eigenvalue weighted by Crippen LogP contribution is -2.25. The topological polar surface area (TPSA) is 135 Å². The summed E-state index contributed by atoms with van der Waals surface area (Å²) in [5, 5.41) is 7.50. The zero-order chi connectivity index (χ0) is 27.1. The van der Waals surface area contributed by atoms with Crippen LogP contribution < -0.4 is 10.5 Å². The molecule has 1 aliphatic heterocycles. The summed E-state index contributed by atoms with van der Waals surface area (Å²) in [6, 6.07) is 12.2. The quantitative estimate of drug-likeness (QED) is 0.265. The number of nitrogen functional groups attached to an aromatic ring is 1. The number of nitrogens with two attached hydrogens (primary N) is 1. The van der Waals surface area contributed by atoms with Crippen LogP contribution in [0.25, 0.3) is 56.1 Å². The van der Waals surface area contributed by atoms with E-state index in [-0.39, 0.29) is 5.82 Å². The van der Waals surface area contributed by atoms with Crippen molar-refractivity contribution < 1.29 is 9.13 Å². The number of nitrogens with zero attached hydrogens (tertiary/aromatic N) is 6. The Morgan fingerprint density at radius 3 is 2.77 bits per heavy atom. The summed E-state index contributed by atoms with van der Waals surface area (Å²) in [6.45, 7) is 3.52. The molecule has 0 amide bonds. The molecule has 7 rings (SSSR count). The maximum absolute atomic E-state index is 14.7. The SMILES string of the molecule is Nc1cncc(-c2ccc3[nH]nc(-c4nc5nccc(-c6cc(F)cc(OCCN7CCCC7)c6)c5[nH]4)c3n2)c1. The second-order valence-corrected chi connectivity index (χ2v) is 9.89. The number of halogens is 1. The van der Waals surface area contributed by atoms with Gasteiger partial charge in [0.2, 0.25) is 0 Å². The van der Waals surface area contributed by atoms with Crippen LogP contribution in [-0.2, 0) is 0 Å². The molecule has 0 atom stereocenters. The predicted octanol–water partition coefficient (Wildman–Crippen LogP) is 4.82. The Hall–Kier alpha value is -4.90. The van der Waals surface area contributed by atoms with E-state index in [0.717, 1.165) is 36.3 Å². The molecule has 1 fully saturated rings. The summed E-state index contributed by atoms with van der Waals surface area (Å²) >= 11 is 0. The van der Waals surface area contributed by atoms with Crippen molar-refractivity contribution in [1.29, 1.82) is 0 Å². The minimum absolute atomic E-state index is 0.371. The van der Waals surface area contributed by atoms with Gasteiger partial charge in [-0.1, -0.05) is 0 Å². The molecule has 6 heterocycles. The van der Waals surface area contributed by atoms with Crippen LogP contribution in [0.5, 0.6) is 5.75 Å². The van der Waals surface area contributed by atoms with Crippen LogP contribution in [0, 0.1) is 5.82 Å². The fourth-order valence-corrected chi connectivity index (χ4v) is 5.19. The van der Waals surface area contributed by atoms with Gasteiger partial charge in [0.15, 0.2) is 17.2 Å². The van der Waals surface area contributed by atoms with Crippen molar-refractivity contribution in [1.82, 2.24) is 40.0 Å². The second-order valence-electron chi connectivity index (χ2n) is 9.89. The zero-order valence-corrected chi connectivity index (χ0v) is 21.6. The third-order valence-electron chi connectivity index (χ3n) is 7.14. The van der Waals surface area contributed by atoms with E-state index < -0.39 is 0 Å². The Balaban J connectivity index is 1.23. The van der Waals surface area contributed by atoms with Crippen LogP contribution in [0.3, 0.4) is 0 Å². The van der Waals surface area contributed by atoms with E-state index in [0.29, 0.717) is 57.5 Å². The van der Waals surface area contributed by atoms with Gasteiger partial charge in [-0.2, -0.15) is 5.10 Å². The van der Waals surface area contributed by atoms with E-state index in [1.807, 2.05) is 30.3 Å². The van der Waals surface area contributed by atoms with Gasteiger partial charge in [0.1, 0.15) is 23.7 Å². The van der Waals surface area contributed by atoms with Crippen molar-refractivity contribution in [3.8, 4) is 39.7 Å². The largest absolute Gasteiger partial charge is 0.492 e. The van der Waals surface area contributed by atoms with Crippen LogP contribution in [0.2, 0.25) is 0 Å². The number of hydrogen-bond acceptors (Lipinski definition) is 8. The molecule has 1 aliphatic rings. The fourth-order valence-electron chi connectivity index (χ4n) is 5.19. The number of aromatic nitrogens is 7. The van der Waals surface area contributed by atoms with E-state index >= 15 is 0 Å². The summed E-state index contributed by atoms with van der Waals surface area (Å²) in [5.41, 5.74) is 12.5. The molecule has 5 aromatic heterocycles. The van der Waals surface area contributed by atoms with Gasteiger partial charge >= 0.3 is 0 Å². The smallest absolute Gasteiger partial charge is 0.178 e. The number of pyridine rings is 3. The van der Waals surface area contributed by atoms with Gasteiger partial charge in [0, 0.05) is 42.3 Å². The first-order valence-electron chi connectivity index (χ1n) is 13.2. The van der Waals surface area contributed by atoms with Gasteiger partial charge in [-0.05, 0) is 67.9 Å². The Morgan fingerprint density at radius 1 is 1.00 bits per heavy atom. The van der Waals surface area contributed by atoms with Crippen molar-refractivity contribution in [3.05, 3.63) is 66.9 Å². The van der Waals surface area contributed by atoms with Gasteiger partial charge < -0.3 is 15.5 Å². The van der Waals surface area contributed by atoms with E-state index in [9.17, 15) is 4.39 Å². The number of rotatable bonds is 7. The number of imidazole rings is 1. The normalized spacial score (nSPS) is 13.9. The minimum Gasteiger partial charge on any atom is -0.492 e. The number of ether oxygens (including phenoxy) is 1. The number of aromatic amines is 2. The molecule has 4 N–H and O–H groups in total. The monoisotopic (exact) mass is 535 g/mol. The van der Waals surface area contributed by atoms with Crippen LogP contribution in [0.4, 0.5) is 10.1 Å². The molecule has 6 aromatic rings. The fraction of sp³-hybridized carbons (Fsp3) is 0.207. The van der Waals surface area contributed by atoms with Crippen LogP contribution in [0.15, 0.2) is 61.1 Å². The maximum atomic E-state index is 14.7. The van der Waals surface area contributed by atoms with Gasteiger partial charge in [0.05, 0.1) is 22.4 Å². The number of likely N-dealkylation sites (tertiary alicyclic amines) is 1. The van der Waals surface area contributed by atoms with Gasteiger partial charge in [-0.15, -0.1) is 0 Å². The van der Waals surface area contributed by atoms with Crippen LogP contribution in [0.1, 0.15) is 12.8 Å². The molecular weight excluding hydrogens is 509 g/mol. The van der Waals surface area contributed by atoms with Crippen molar-refractivity contribution in [2.24, 2.45) is 0 Å². The number of benzene rings is 1. The Bertz CT molecular complexity index is 1840. The molecule has 1 aromatic carbocycles. The molecule has 40 heavy (non-hydrogen) atoms. The number of nitrogens with one attached hydrogen (secondary N) is 2. The molecule has 11 heteroatoms. The van der Waals surface area contributed by atoms with E-state index in [1.54, 1.807) is 18.6 Å². The lowest BCUT2D eigenvalue weighted by atomic mass is 10.1. The predicted molar refractivity (Wildman–Crippen MR) is 151 cm³/mol. The molecule has 0 unspecified atom stereocenters. The van der Waals surface area contributed by atoms with Crippen LogP contribution >= 0.6 is 0 Å². The summed E-state index contributed by atoms with van der Waals surface area (Å²) in [7, 11) is 0. The molecule has 0 bridgehead atoms. The first kappa shape index (κ1) is 24.2. The van der Waals surface area contributed by atoms with Crippen molar-refractivity contribution in [2.45, 2.75) is 12.8 Å². The van der Waals surface area contributed by atoms with Gasteiger partial charge in [-0.25, -0.2) is 19.3 Å². The summed E-state index contributed by atoms with van der Waals surface area (Å²) in [6.07, 6.45) is 7.41. The Morgan fingerprint density at radius 2 is 1.90 bits per heavy atom. The zero-order valence-electron chi connectivity index (χ0n) is 21.6. The highest BCUT2D eigenvalue weighted by atomic mass is 19.1. The van der Waals surface area contributed by atoms with Gasteiger partial charge in [0.25, 0.3) is 0 Å². The third-order valence-corrected chi connectivity index (χ3v) is 7.14. The molecule has 0 radical (unpaired) electrons. The highest BCUT2D eigenvalue weighted by Gasteiger charge is 2.18. The van der Waals surface area contributed by atoms with Crippen LogP contribution in [-0.4, -0.2) is 66.3 Å². The summed E-state index contributed by atoms with van der Waals surface area (Å²) < 4.78 is 20.6. The first-order valence-corrected chi connectivity index (χ1v) is 13.2. The van der Waals surface area contributed by atoms with Crippen molar-refractivity contribution in [2.75, 3.05) is 32.0 Å². The molecule has 0 spiro atoms. The molecule has 0 saturated carbocycles. The Kier molecular flexibility index (Phi) is 6.05. The standard InChI is InChI=1S/C29H26FN9O/c30-19-11-17(13-21(14-19)40-10-9-39-7-1-2-8-39)22-5-6-33-28-25(22)35-29(36-28)27-26-24(37-38-27)4-3-23(34-26)18-12-20(31)16-32-15-18/h3-6,11-16H,1-2,7-10,31H2,(H,37,38)(H,33,35,36). The summed E-state index contributed by atoms with van der Waals surface area (Å²) in [4.78, 5) is 23.8. The number of hydrogen-bond donors (Lipinski definition) is 3. The highest BCUT2D eigenvalue weighted by molar-refractivity contribution is 5.95. The lowest BCUT2D eigenvalue weighted by Gasteiger charge is -2.15. The maximum Gasteiger partial charge on any atom is 0.178 e. The number of fused-ring (bicyclic) bond motifs is 2. The van der Waals surface area contributed by atoms with E-state index in [1.165, 1.54) is 25.0 Å². The molecular formula is C29H26FN9O. The Labute approximate surface area is 228 Å². The van der Waals surface area contributed by atoms with Crippen molar-refractivity contribution >= 4 is 27.9 Å². The first-order chi connectivity index (χ1) is 19.6. The molecule has 0 aliphatic carbocycles. The highest BCUT2D eigenvalue weighted by Crippen LogP contribution is 2.33. The lowest BCUT2D eigenvalue weighted by molar-refractivity contribution is 0.237.